The third-order valence-electron chi connectivity index (χ3n) is 4.40. The first-order chi connectivity index (χ1) is 11.1. The predicted molar refractivity (Wildman–Crippen MR) is 100 cm³/mol. The Kier molecular flexibility index (Phi) is 4.74. The van der Waals surface area contributed by atoms with Crippen LogP contribution < -0.4 is 5.73 Å². The number of hydrogen-bond acceptors (Lipinski definition) is 1. The van der Waals surface area contributed by atoms with Crippen molar-refractivity contribution in [2.24, 2.45) is 5.73 Å². The monoisotopic (exact) mass is 326 g/mol. The number of nitrogens with two attached hydrogens (primary N) is 1. The average molecular weight is 327 g/mol. The van der Waals surface area contributed by atoms with Crippen LogP contribution in [0.25, 0.3) is 22.2 Å². The van der Waals surface area contributed by atoms with Gasteiger partial charge in [0.05, 0.1) is 0 Å². The van der Waals surface area contributed by atoms with Crippen LogP contribution in [0.3, 0.4) is 0 Å². The molecule has 2 nitrogen and oxygen atoms in total. The third kappa shape index (κ3) is 3.29. The van der Waals surface area contributed by atoms with Crippen molar-refractivity contribution >= 4 is 22.5 Å². The molecular formula is C20H23ClN2. The molecule has 3 aromatic rings. The highest BCUT2D eigenvalue weighted by Gasteiger charge is 2.15. The molecule has 0 amide bonds. The van der Waals surface area contributed by atoms with Gasteiger partial charge < -0.3 is 10.7 Å². The van der Waals surface area contributed by atoms with Crippen molar-refractivity contribution in [3.8, 4) is 11.3 Å². The second kappa shape index (κ2) is 6.77. The molecule has 0 spiro atoms. The summed E-state index contributed by atoms with van der Waals surface area (Å²) in [7, 11) is 0. The number of hydrogen-bond donors (Lipinski definition) is 2. The summed E-state index contributed by atoms with van der Waals surface area (Å²) in [5.74, 6) is 0. The normalized spacial score (nSPS) is 11.3. The van der Waals surface area contributed by atoms with Crippen molar-refractivity contribution in [3.63, 3.8) is 0 Å². The molecule has 2 aromatic carbocycles. The molecule has 0 saturated carbocycles. The zero-order valence-electron chi connectivity index (χ0n) is 13.7. The lowest BCUT2D eigenvalue weighted by Gasteiger charge is -2.06. The summed E-state index contributed by atoms with van der Waals surface area (Å²) in [6, 6.07) is 12.8. The van der Waals surface area contributed by atoms with Crippen LogP contribution in [0.4, 0.5) is 0 Å². The second-order valence-electron chi connectivity index (χ2n) is 6.24. The molecule has 0 bridgehead atoms. The van der Waals surface area contributed by atoms with Crippen molar-refractivity contribution in [2.45, 2.75) is 33.1 Å². The van der Waals surface area contributed by atoms with Gasteiger partial charge in [0.15, 0.2) is 0 Å². The summed E-state index contributed by atoms with van der Waals surface area (Å²) < 4.78 is 0. The number of benzene rings is 2. The van der Waals surface area contributed by atoms with E-state index in [1.807, 2.05) is 6.07 Å². The van der Waals surface area contributed by atoms with Crippen LogP contribution in [0.2, 0.25) is 5.02 Å². The molecular weight excluding hydrogens is 304 g/mol. The fraction of sp³-hybridized carbons (Fsp3) is 0.300. The molecule has 0 unspecified atom stereocenters. The van der Waals surface area contributed by atoms with Gasteiger partial charge in [-0.15, -0.1) is 0 Å². The topological polar surface area (TPSA) is 41.8 Å². The lowest BCUT2D eigenvalue weighted by molar-refractivity contribution is 0.748. The van der Waals surface area contributed by atoms with E-state index in [4.69, 9.17) is 17.3 Å². The Labute approximate surface area is 142 Å². The van der Waals surface area contributed by atoms with Crippen molar-refractivity contribution in [1.29, 1.82) is 0 Å². The van der Waals surface area contributed by atoms with Gasteiger partial charge in [0, 0.05) is 21.6 Å². The quantitative estimate of drug-likeness (QED) is 0.607. The molecule has 0 aliphatic rings. The molecule has 1 heterocycles. The molecule has 1 aromatic heterocycles. The van der Waals surface area contributed by atoms with E-state index < -0.39 is 0 Å². The summed E-state index contributed by atoms with van der Waals surface area (Å²) in [5.41, 5.74) is 13.1. The molecule has 0 saturated heterocycles. The number of aromatic amines is 1. The number of H-pyrrole nitrogens is 1. The lowest BCUT2D eigenvalue weighted by atomic mass is 9.99. The van der Waals surface area contributed by atoms with Crippen molar-refractivity contribution in [3.05, 3.63) is 58.1 Å². The first-order valence-corrected chi connectivity index (χ1v) is 8.55. The van der Waals surface area contributed by atoms with Crippen LogP contribution in [-0.2, 0) is 6.42 Å². The van der Waals surface area contributed by atoms with Crippen molar-refractivity contribution in [1.82, 2.24) is 4.98 Å². The lowest BCUT2D eigenvalue weighted by Crippen LogP contribution is -1.99. The van der Waals surface area contributed by atoms with E-state index >= 15 is 0 Å². The van der Waals surface area contributed by atoms with Crippen LogP contribution in [0.5, 0.6) is 0 Å². The summed E-state index contributed by atoms with van der Waals surface area (Å²) in [5, 5.41) is 2.03. The van der Waals surface area contributed by atoms with Crippen LogP contribution in [-0.4, -0.2) is 11.5 Å². The number of aromatic nitrogens is 1. The SMILES string of the molecule is Cc1ccc(-c2[nH]c3c(C)cc(Cl)cc3c2CCCCN)cc1. The van der Waals surface area contributed by atoms with Crippen molar-refractivity contribution in [2.75, 3.05) is 6.54 Å². The van der Waals surface area contributed by atoms with E-state index in [1.54, 1.807) is 0 Å². The van der Waals surface area contributed by atoms with Gasteiger partial charge in [-0.05, 0) is 68.5 Å². The second-order valence-corrected chi connectivity index (χ2v) is 6.67. The minimum Gasteiger partial charge on any atom is -0.354 e. The molecule has 0 fully saturated rings. The van der Waals surface area contributed by atoms with E-state index in [9.17, 15) is 0 Å². The van der Waals surface area contributed by atoms with E-state index in [0.717, 1.165) is 30.8 Å². The maximum atomic E-state index is 6.30. The molecule has 23 heavy (non-hydrogen) atoms. The molecule has 0 aliphatic carbocycles. The van der Waals surface area contributed by atoms with Crippen LogP contribution >= 0.6 is 11.6 Å². The fourth-order valence-electron chi connectivity index (χ4n) is 3.15. The van der Waals surface area contributed by atoms with Crippen LogP contribution in [0, 0.1) is 13.8 Å². The smallest absolute Gasteiger partial charge is 0.0497 e. The largest absolute Gasteiger partial charge is 0.354 e. The molecule has 3 rings (SSSR count). The Morgan fingerprint density at radius 1 is 1.04 bits per heavy atom. The first-order valence-electron chi connectivity index (χ1n) is 8.18. The molecule has 3 heteroatoms. The Balaban J connectivity index is 2.16. The average Bonchev–Trinajstić information content (AvgIpc) is 2.87. The summed E-state index contributed by atoms with van der Waals surface area (Å²) in [6.45, 7) is 4.95. The first kappa shape index (κ1) is 16.1. The molecule has 0 atom stereocenters. The highest BCUT2D eigenvalue weighted by Crippen LogP contribution is 2.34. The van der Waals surface area contributed by atoms with Gasteiger partial charge in [-0.3, -0.25) is 0 Å². The highest BCUT2D eigenvalue weighted by atomic mass is 35.5. The Morgan fingerprint density at radius 2 is 1.78 bits per heavy atom. The number of rotatable bonds is 5. The summed E-state index contributed by atoms with van der Waals surface area (Å²) in [6.07, 6.45) is 3.15. The minimum absolute atomic E-state index is 0.738. The Hall–Kier alpha value is -1.77. The van der Waals surface area contributed by atoms with E-state index in [0.29, 0.717) is 0 Å². The maximum absolute atomic E-state index is 6.30. The van der Waals surface area contributed by atoms with Gasteiger partial charge >= 0.3 is 0 Å². The molecule has 0 aliphatic heterocycles. The number of nitrogens with one attached hydrogen (secondary N) is 1. The Morgan fingerprint density at radius 3 is 2.48 bits per heavy atom. The van der Waals surface area contributed by atoms with Gasteiger partial charge in [0.1, 0.15) is 0 Å². The van der Waals surface area contributed by atoms with Gasteiger partial charge in [-0.25, -0.2) is 0 Å². The molecule has 120 valence electrons. The van der Waals surface area contributed by atoms with Gasteiger partial charge in [-0.1, -0.05) is 41.4 Å². The highest BCUT2D eigenvalue weighted by molar-refractivity contribution is 6.31. The maximum Gasteiger partial charge on any atom is 0.0497 e. The standard InChI is InChI=1S/C20H23ClN2/c1-13-6-8-15(9-7-13)20-17(5-3-4-10-22)18-12-16(21)11-14(2)19(18)23-20/h6-9,11-12,23H,3-5,10,22H2,1-2H3. The zero-order valence-corrected chi connectivity index (χ0v) is 14.5. The van der Waals surface area contributed by atoms with E-state index in [1.165, 1.54) is 38.9 Å². The minimum atomic E-state index is 0.738. The van der Waals surface area contributed by atoms with Crippen LogP contribution in [0.15, 0.2) is 36.4 Å². The fourth-order valence-corrected chi connectivity index (χ4v) is 3.43. The number of aryl methyl sites for hydroxylation is 3. The molecule has 3 N–H and O–H groups in total. The predicted octanol–water partition coefficient (Wildman–Crippen LogP) is 5.39. The summed E-state index contributed by atoms with van der Waals surface area (Å²) >= 11 is 6.30. The molecule has 0 radical (unpaired) electrons. The summed E-state index contributed by atoms with van der Waals surface area (Å²) in [4.78, 5) is 3.63. The number of halogens is 1. The van der Waals surface area contributed by atoms with Crippen LogP contribution in [0.1, 0.15) is 29.5 Å². The third-order valence-corrected chi connectivity index (χ3v) is 4.62. The zero-order chi connectivity index (χ0) is 16.4. The van der Waals surface area contributed by atoms with E-state index in [2.05, 4.69) is 49.2 Å². The Bertz CT molecular complexity index is 816. The number of fused-ring (bicyclic) bond motifs is 1. The van der Waals surface area contributed by atoms with E-state index in [-0.39, 0.29) is 0 Å². The van der Waals surface area contributed by atoms with Gasteiger partial charge in [-0.2, -0.15) is 0 Å². The van der Waals surface area contributed by atoms with Crippen molar-refractivity contribution < 1.29 is 0 Å². The number of unbranched alkanes of at least 4 members (excludes halogenated alkanes) is 1. The van der Waals surface area contributed by atoms with Gasteiger partial charge in [0.2, 0.25) is 0 Å². The van der Waals surface area contributed by atoms with Gasteiger partial charge in [0.25, 0.3) is 0 Å².